The van der Waals surface area contributed by atoms with Gasteiger partial charge in [0, 0.05) is 5.41 Å². The van der Waals surface area contributed by atoms with Crippen LogP contribution >= 0.6 is 0 Å². The van der Waals surface area contributed by atoms with Gasteiger partial charge in [-0.2, -0.15) is 0 Å². The Bertz CT molecular complexity index is 364. The molecule has 1 aliphatic heterocycles. The Balaban J connectivity index is 2.33. The molecule has 16 heavy (non-hydrogen) atoms. The van der Waals surface area contributed by atoms with Crippen molar-refractivity contribution >= 4 is 0 Å². The summed E-state index contributed by atoms with van der Waals surface area (Å²) in [5, 5.41) is 2.46. The van der Waals surface area contributed by atoms with Crippen molar-refractivity contribution in [3.63, 3.8) is 0 Å². The normalized spacial score (nSPS) is 30.1. The molecule has 88 valence electrons. The van der Waals surface area contributed by atoms with Gasteiger partial charge in [0.15, 0.2) is 0 Å². The molecule has 1 fully saturated rings. The van der Waals surface area contributed by atoms with E-state index in [1.165, 1.54) is 24.9 Å². The number of methoxy groups -OCH3 is 1. The van der Waals surface area contributed by atoms with Crippen molar-refractivity contribution in [1.29, 1.82) is 0 Å². The first-order valence-electron chi connectivity index (χ1n) is 6.14. The molecule has 1 saturated heterocycles. The smallest absolute Gasteiger partial charge is 0.119 e. The molecule has 0 radical (unpaired) electrons. The maximum atomic E-state index is 5.32. The fraction of sp³-hybridized carbons (Fsp3) is 0.571. The third kappa shape index (κ3) is 1.94. The number of benzene rings is 1. The predicted octanol–water partition coefficient (Wildman–Crippen LogP) is 1.70. The van der Waals surface area contributed by atoms with Gasteiger partial charge in [-0.05, 0) is 44.4 Å². The number of quaternary nitrogens is 1. The molecule has 0 aromatic heterocycles. The minimum absolute atomic E-state index is 0.285. The number of hydrogen-bond acceptors (Lipinski definition) is 1. The second-order valence-corrected chi connectivity index (χ2v) is 5.07. The SMILES string of the molecule is COc1cccc([C@@]2(C)CCC[NH2+][C@H]2C)c1. The lowest BCUT2D eigenvalue weighted by Gasteiger charge is -2.38. The van der Waals surface area contributed by atoms with Crippen LogP contribution < -0.4 is 10.1 Å². The summed E-state index contributed by atoms with van der Waals surface area (Å²) in [6, 6.07) is 9.19. The average molecular weight is 220 g/mol. The first kappa shape index (κ1) is 11.5. The number of rotatable bonds is 2. The van der Waals surface area contributed by atoms with E-state index in [0.717, 1.165) is 5.75 Å². The lowest BCUT2D eigenvalue weighted by molar-refractivity contribution is -0.703. The van der Waals surface area contributed by atoms with Crippen LogP contribution in [0.3, 0.4) is 0 Å². The highest BCUT2D eigenvalue weighted by Gasteiger charge is 2.38. The molecule has 0 aliphatic carbocycles. The minimum atomic E-state index is 0.285. The van der Waals surface area contributed by atoms with Crippen LogP contribution in [0.2, 0.25) is 0 Å². The molecule has 0 spiro atoms. The van der Waals surface area contributed by atoms with Crippen LogP contribution in [-0.2, 0) is 5.41 Å². The fourth-order valence-electron chi connectivity index (χ4n) is 2.71. The molecule has 0 unspecified atom stereocenters. The van der Waals surface area contributed by atoms with E-state index in [1.54, 1.807) is 7.11 Å². The van der Waals surface area contributed by atoms with Crippen LogP contribution in [0.5, 0.6) is 5.75 Å². The predicted molar refractivity (Wildman–Crippen MR) is 65.8 cm³/mol. The molecule has 2 rings (SSSR count). The van der Waals surface area contributed by atoms with Crippen LogP contribution in [-0.4, -0.2) is 19.7 Å². The number of hydrogen-bond donors (Lipinski definition) is 1. The molecular weight excluding hydrogens is 198 g/mol. The quantitative estimate of drug-likeness (QED) is 0.806. The zero-order chi connectivity index (χ0) is 11.6. The first-order valence-corrected chi connectivity index (χ1v) is 6.14. The van der Waals surface area contributed by atoms with Gasteiger partial charge in [-0.15, -0.1) is 0 Å². The topological polar surface area (TPSA) is 25.8 Å². The van der Waals surface area contributed by atoms with Gasteiger partial charge in [0.05, 0.1) is 19.7 Å². The third-order valence-corrected chi connectivity index (χ3v) is 4.15. The van der Waals surface area contributed by atoms with Gasteiger partial charge in [0.1, 0.15) is 5.75 Å². The van der Waals surface area contributed by atoms with Crippen LogP contribution in [0, 0.1) is 0 Å². The molecule has 1 aromatic carbocycles. The molecule has 0 bridgehead atoms. The van der Waals surface area contributed by atoms with Gasteiger partial charge in [-0.1, -0.05) is 12.1 Å². The Labute approximate surface area is 98.0 Å². The van der Waals surface area contributed by atoms with Gasteiger partial charge >= 0.3 is 0 Å². The van der Waals surface area contributed by atoms with E-state index in [9.17, 15) is 0 Å². The van der Waals surface area contributed by atoms with Crippen LogP contribution in [0.4, 0.5) is 0 Å². The van der Waals surface area contributed by atoms with E-state index in [0.29, 0.717) is 6.04 Å². The van der Waals surface area contributed by atoms with E-state index in [2.05, 4.69) is 37.4 Å². The minimum Gasteiger partial charge on any atom is -0.497 e. The Hall–Kier alpha value is -1.02. The third-order valence-electron chi connectivity index (χ3n) is 4.15. The number of piperidine rings is 1. The van der Waals surface area contributed by atoms with Crippen LogP contribution in [0.25, 0.3) is 0 Å². The molecule has 2 N–H and O–H groups in total. The number of nitrogens with two attached hydrogens (primary N) is 1. The summed E-state index contributed by atoms with van der Waals surface area (Å²) >= 11 is 0. The van der Waals surface area contributed by atoms with Crippen LogP contribution in [0.1, 0.15) is 32.3 Å². The molecule has 2 atom stereocenters. The zero-order valence-corrected chi connectivity index (χ0v) is 10.5. The molecule has 2 heteroatoms. The molecule has 1 aromatic rings. The fourth-order valence-corrected chi connectivity index (χ4v) is 2.71. The molecule has 2 nitrogen and oxygen atoms in total. The van der Waals surface area contributed by atoms with E-state index in [-0.39, 0.29) is 5.41 Å². The van der Waals surface area contributed by atoms with Crippen LogP contribution in [0.15, 0.2) is 24.3 Å². The highest BCUT2D eigenvalue weighted by Crippen LogP contribution is 2.34. The van der Waals surface area contributed by atoms with E-state index >= 15 is 0 Å². The molecule has 1 aliphatic rings. The highest BCUT2D eigenvalue weighted by molar-refractivity contribution is 5.34. The Kier molecular flexibility index (Phi) is 3.20. The van der Waals surface area contributed by atoms with Crippen molar-refractivity contribution < 1.29 is 10.1 Å². The standard InChI is InChI=1S/C14H21NO/c1-11-14(2,8-5-9-15-11)12-6-4-7-13(10-12)16-3/h4,6-7,10-11,15H,5,8-9H2,1-3H3/p+1/t11-,14-/m0/s1. The summed E-state index contributed by atoms with van der Waals surface area (Å²) in [5.74, 6) is 0.969. The summed E-state index contributed by atoms with van der Waals surface area (Å²) in [4.78, 5) is 0. The summed E-state index contributed by atoms with van der Waals surface area (Å²) in [6.45, 7) is 5.97. The van der Waals surface area contributed by atoms with Crippen molar-refractivity contribution in [3.8, 4) is 5.75 Å². The van der Waals surface area contributed by atoms with Crippen molar-refractivity contribution in [2.45, 2.75) is 38.1 Å². The lowest BCUT2D eigenvalue weighted by Crippen LogP contribution is -2.94. The second kappa shape index (κ2) is 4.46. The van der Waals surface area contributed by atoms with Gasteiger partial charge in [0.2, 0.25) is 0 Å². The van der Waals surface area contributed by atoms with Gasteiger partial charge in [-0.25, -0.2) is 0 Å². The summed E-state index contributed by atoms with van der Waals surface area (Å²) in [7, 11) is 1.73. The molecular formula is C14H22NO+. The summed E-state index contributed by atoms with van der Waals surface area (Å²) in [5.41, 5.74) is 1.70. The maximum Gasteiger partial charge on any atom is 0.119 e. The highest BCUT2D eigenvalue weighted by atomic mass is 16.5. The van der Waals surface area contributed by atoms with E-state index in [4.69, 9.17) is 4.74 Å². The molecule has 1 heterocycles. The first-order chi connectivity index (χ1) is 7.66. The molecule has 0 amide bonds. The van der Waals surface area contributed by atoms with Crippen molar-refractivity contribution in [1.82, 2.24) is 0 Å². The zero-order valence-electron chi connectivity index (χ0n) is 10.5. The van der Waals surface area contributed by atoms with E-state index in [1.807, 2.05) is 6.07 Å². The lowest BCUT2D eigenvalue weighted by atomic mass is 9.71. The van der Waals surface area contributed by atoms with Crippen molar-refractivity contribution in [3.05, 3.63) is 29.8 Å². The molecule has 0 saturated carbocycles. The number of ether oxygens (including phenoxy) is 1. The van der Waals surface area contributed by atoms with Gasteiger partial charge < -0.3 is 10.1 Å². The largest absolute Gasteiger partial charge is 0.497 e. The summed E-state index contributed by atoms with van der Waals surface area (Å²) < 4.78 is 5.32. The van der Waals surface area contributed by atoms with Crippen molar-refractivity contribution in [2.75, 3.05) is 13.7 Å². The second-order valence-electron chi connectivity index (χ2n) is 5.07. The Morgan fingerprint density at radius 2 is 2.25 bits per heavy atom. The average Bonchev–Trinajstić information content (AvgIpc) is 2.33. The van der Waals surface area contributed by atoms with E-state index < -0.39 is 0 Å². The van der Waals surface area contributed by atoms with Crippen molar-refractivity contribution in [2.24, 2.45) is 0 Å². The Morgan fingerprint density at radius 3 is 2.94 bits per heavy atom. The summed E-state index contributed by atoms with van der Waals surface area (Å²) in [6.07, 6.45) is 2.58. The van der Waals surface area contributed by atoms with Gasteiger partial charge in [0.25, 0.3) is 0 Å². The Morgan fingerprint density at radius 1 is 1.44 bits per heavy atom. The monoisotopic (exact) mass is 220 g/mol. The van der Waals surface area contributed by atoms with Gasteiger partial charge in [-0.3, -0.25) is 0 Å². The maximum absolute atomic E-state index is 5.32.